The van der Waals surface area contributed by atoms with Crippen molar-refractivity contribution >= 4 is 15.9 Å². The van der Waals surface area contributed by atoms with Gasteiger partial charge in [0.15, 0.2) is 0 Å². The van der Waals surface area contributed by atoms with Gasteiger partial charge in [0.25, 0.3) is 0 Å². The zero-order chi connectivity index (χ0) is 8.97. The highest BCUT2D eigenvalue weighted by atomic mass is 79.9. The van der Waals surface area contributed by atoms with Gasteiger partial charge in [0.1, 0.15) is 0 Å². The smallest absolute Gasteiger partial charge is 0.213 e. The lowest BCUT2D eigenvalue weighted by Gasteiger charge is -2.04. The maximum atomic E-state index is 5.36. The van der Waals surface area contributed by atoms with Gasteiger partial charge >= 0.3 is 0 Å². The fraction of sp³-hybridized carbons (Fsp3) is 0.444. The second kappa shape index (κ2) is 4.45. The highest BCUT2D eigenvalue weighted by Crippen LogP contribution is 2.17. The topological polar surface area (TPSA) is 22.1 Å². The molecule has 1 rings (SSSR count). The SMILES string of the molecule is CCCOc1ccc(Br)c(C)n1. The summed E-state index contributed by atoms with van der Waals surface area (Å²) in [5, 5.41) is 0. The molecule has 0 aromatic carbocycles. The molecule has 1 heterocycles. The average molecular weight is 230 g/mol. The summed E-state index contributed by atoms with van der Waals surface area (Å²) in [6, 6.07) is 3.82. The van der Waals surface area contributed by atoms with Crippen LogP contribution in [0.3, 0.4) is 0 Å². The van der Waals surface area contributed by atoms with Crippen LogP contribution in [0, 0.1) is 6.92 Å². The molecule has 0 bridgehead atoms. The largest absolute Gasteiger partial charge is 0.478 e. The zero-order valence-corrected chi connectivity index (χ0v) is 8.89. The van der Waals surface area contributed by atoms with Gasteiger partial charge in [-0.15, -0.1) is 0 Å². The molecule has 0 saturated carbocycles. The van der Waals surface area contributed by atoms with Gasteiger partial charge < -0.3 is 4.74 Å². The van der Waals surface area contributed by atoms with E-state index in [2.05, 4.69) is 27.8 Å². The molecule has 0 aliphatic rings. The van der Waals surface area contributed by atoms with Crippen LogP contribution in [0.25, 0.3) is 0 Å². The lowest BCUT2D eigenvalue weighted by Crippen LogP contribution is -1.97. The van der Waals surface area contributed by atoms with Crippen LogP contribution in [-0.2, 0) is 0 Å². The molecule has 0 N–H and O–H groups in total. The molecule has 2 nitrogen and oxygen atoms in total. The van der Waals surface area contributed by atoms with Crippen molar-refractivity contribution < 1.29 is 4.74 Å². The van der Waals surface area contributed by atoms with Crippen LogP contribution in [0.1, 0.15) is 19.0 Å². The standard InChI is InChI=1S/C9H12BrNO/c1-3-6-12-9-5-4-8(10)7(2)11-9/h4-5H,3,6H2,1-2H3. The maximum Gasteiger partial charge on any atom is 0.213 e. The van der Waals surface area contributed by atoms with E-state index in [-0.39, 0.29) is 0 Å². The summed E-state index contributed by atoms with van der Waals surface area (Å²) in [7, 11) is 0. The van der Waals surface area contributed by atoms with E-state index in [4.69, 9.17) is 4.74 Å². The van der Waals surface area contributed by atoms with Gasteiger partial charge in [0, 0.05) is 10.5 Å². The Balaban J connectivity index is 2.69. The third-order valence-corrected chi connectivity index (χ3v) is 2.29. The van der Waals surface area contributed by atoms with Crippen molar-refractivity contribution in [2.75, 3.05) is 6.61 Å². The summed E-state index contributed by atoms with van der Waals surface area (Å²) in [5.74, 6) is 0.706. The molecule has 0 amide bonds. The van der Waals surface area contributed by atoms with Crippen molar-refractivity contribution in [3.05, 3.63) is 22.3 Å². The lowest BCUT2D eigenvalue weighted by molar-refractivity contribution is 0.304. The molecule has 0 fully saturated rings. The molecule has 12 heavy (non-hydrogen) atoms. The van der Waals surface area contributed by atoms with E-state index in [1.54, 1.807) is 0 Å². The fourth-order valence-electron chi connectivity index (χ4n) is 0.808. The number of aromatic nitrogens is 1. The van der Waals surface area contributed by atoms with Gasteiger partial charge in [-0.25, -0.2) is 4.98 Å². The molecular weight excluding hydrogens is 218 g/mol. The monoisotopic (exact) mass is 229 g/mol. The van der Waals surface area contributed by atoms with Crippen LogP contribution in [0.5, 0.6) is 5.88 Å². The van der Waals surface area contributed by atoms with Gasteiger partial charge in [-0.2, -0.15) is 0 Å². The summed E-state index contributed by atoms with van der Waals surface area (Å²) in [4.78, 5) is 4.24. The first-order valence-corrected chi connectivity index (χ1v) is 4.79. The first-order chi connectivity index (χ1) is 5.74. The van der Waals surface area contributed by atoms with E-state index in [0.717, 1.165) is 23.2 Å². The van der Waals surface area contributed by atoms with E-state index in [1.165, 1.54) is 0 Å². The Morgan fingerprint density at radius 3 is 2.83 bits per heavy atom. The predicted octanol–water partition coefficient (Wildman–Crippen LogP) is 2.94. The fourth-order valence-corrected chi connectivity index (χ4v) is 1.03. The minimum atomic E-state index is 0.706. The van der Waals surface area contributed by atoms with Crippen molar-refractivity contribution in [3.63, 3.8) is 0 Å². The molecule has 0 unspecified atom stereocenters. The Hall–Kier alpha value is -0.570. The Bertz CT molecular complexity index is 263. The van der Waals surface area contributed by atoms with Crippen molar-refractivity contribution in [1.29, 1.82) is 0 Å². The van der Waals surface area contributed by atoms with Gasteiger partial charge in [-0.1, -0.05) is 6.92 Å². The highest BCUT2D eigenvalue weighted by molar-refractivity contribution is 9.10. The molecule has 0 radical (unpaired) electrons. The average Bonchev–Trinajstić information content (AvgIpc) is 2.07. The molecule has 1 aromatic heterocycles. The number of hydrogen-bond acceptors (Lipinski definition) is 2. The molecular formula is C9H12BrNO. The number of ether oxygens (including phenoxy) is 1. The molecule has 0 aliphatic heterocycles. The summed E-state index contributed by atoms with van der Waals surface area (Å²) >= 11 is 3.38. The third kappa shape index (κ3) is 2.48. The van der Waals surface area contributed by atoms with Gasteiger partial charge in [0.05, 0.1) is 12.3 Å². The number of aryl methyl sites for hydroxylation is 1. The van der Waals surface area contributed by atoms with E-state index in [1.807, 2.05) is 19.1 Å². The highest BCUT2D eigenvalue weighted by Gasteiger charge is 1.98. The maximum absolute atomic E-state index is 5.36. The number of pyridine rings is 1. The van der Waals surface area contributed by atoms with Crippen LogP contribution in [0.2, 0.25) is 0 Å². The van der Waals surface area contributed by atoms with Crippen LogP contribution in [0.15, 0.2) is 16.6 Å². The first kappa shape index (κ1) is 9.52. The minimum absolute atomic E-state index is 0.706. The van der Waals surface area contributed by atoms with E-state index < -0.39 is 0 Å². The second-order valence-corrected chi connectivity index (χ2v) is 3.42. The molecule has 1 aromatic rings. The van der Waals surface area contributed by atoms with Crippen LogP contribution < -0.4 is 4.74 Å². The molecule has 0 atom stereocenters. The van der Waals surface area contributed by atoms with Gasteiger partial charge in [0.2, 0.25) is 5.88 Å². The Labute approximate surface area is 81.1 Å². The number of nitrogens with zero attached hydrogens (tertiary/aromatic N) is 1. The molecule has 66 valence electrons. The molecule has 0 saturated heterocycles. The second-order valence-electron chi connectivity index (χ2n) is 2.57. The molecule has 3 heteroatoms. The van der Waals surface area contributed by atoms with Gasteiger partial charge in [-0.05, 0) is 35.3 Å². The Morgan fingerprint density at radius 1 is 1.50 bits per heavy atom. The van der Waals surface area contributed by atoms with Crippen molar-refractivity contribution in [2.24, 2.45) is 0 Å². The predicted molar refractivity (Wildman–Crippen MR) is 52.5 cm³/mol. The minimum Gasteiger partial charge on any atom is -0.478 e. The van der Waals surface area contributed by atoms with Crippen molar-refractivity contribution in [1.82, 2.24) is 4.98 Å². The van der Waals surface area contributed by atoms with Gasteiger partial charge in [-0.3, -0.25) is 0 Å². The van der Waals surface area contributed by atoms with Crippen LogP contribution in [-0.4, -0.2) is 11.6 Å². The Kier molecular flexibility index (Phi) is 3.53. The van der Waals surface area contributed by atoms with Crippen molar-refractivity contribution in [2.45, 2.75) is 20.3 Å². The normalized spacial score (nSPS) is 9.92. The van der Waals surface area contributed by atoms with Crippen LogP contribution >= 0.6 is 15.9 Å². The van der Waals surface area contributed by atoms with Crippen LogP contribution in [0.4, 0.5) is 0 Å². The number of halogens is 1. The molecule has 0 aliphatic carbocycles. The zero-order valence-electron chi connectivity index (χ0n) is 7.30. The molecule has 0 spiro atoms. The summed E-state index contributed by atoms with van der Waals surface area (Å²) in [6.45, 7) is 4.75. The third-order valence-electron chi connectivity index (χ3n) is 1.45. The van der Waals surface area contributed by atoms with E-state index in [9.17, 15) is 0 Å². The van der Waals surface area contributed by atoms with E-state index >= 15 is 0 Å². The first-order valence-electron chi connectivity index (χ1n) is 4.00. The van der Waals surface area contributed by atoms with E-state index in [0.29, 0.717) is 5.88 Å². The Morgan fingerprint density at radius 2 is 2.25 bits per heavy atom. The summed E-state index contributed by atoms with van der Waals surface area (Å²) < 4.78 is 6.38. The summed E-state index contributed by atoms with van der Waals surface area (Å²) in [5.41, 5.74) is 0.962. The number of rotatable bonds is 3. The number of hydrogen-bond donors (Lipinski definition) is 0. The summed E-state index contributed by atoms with van der Waals surface area (Å²) in [6.07, 6.45) is 1.01. The lowest BCUT2D eigenvalue weighted by atomic mass is 10.4. The quantitative estimate of drug-likeness (QED) is 0.796. The van der Waals surface area contributed by atoms with Crippen molar-refractivity contribution in [3.8, 4) is 5.88 Å².